The van der Waals surface area contributed by atoms with Crippen LogP contribution in [-0.2, 0) is 0 Å². The Hall–Kier alpha value is -1.58. The number of hydrogen-bond donors (Lipinski definition) is 1. The van der Waals surface area contributed by atoms with Gasteiger partial charge in [-0.1, -0.05) is 35.3 Å². The summed E-state index contributed by atoms with van der Waals surface area (Å²) in [6, 6.07) is 9.86. The predicted molar refractivity (Wildman–Crippen MR) is 69.0 cm³/mol. The summed E-state index contributed by atoms with van der Waals surface area (Å²) in [5.41, 5.74) is 1.95. The van der Waals surface area contributed by atoms with Crippen LogP contribution in [0.15, 0.2) is 41.6 Å². The molecule has 0 radical (unpaired) electrons. The average molecular weight is 268 g/mol. The Morgan fingerprint density at radius 2 is 1.47 bits per heavy atom. The molecule has 0 spiro atoms. The molecule has 2 aromatic carbocycles. The van der Waals surface area contributed by atoms with Crippen molar-refractivity contribution in [2.75, 3.05) is 0 Å². The van der Waals surface area contributed by atoms with Crippen LogP contribution in [0.3, 0.4) is 0 Å². The molecule has 0 unspecified atom stereocenters. The van der Waals surface area contributed by atoms with Gasteiger partial charge in [-0.15, -0.1) is 4.91 Å². The number of rotatable bonds is 2. The first-order chi connectivity index (χ1) is 8.11. The van der Waals surface area contributed by atoms with Gasteiger partial charge in [-0.25, -0.2) is 0 Å². The first kappa shape index (κ1) is 11.9. The topological polar surface area (TPSA) is 49.7 Å². The highest BCUT2D eigenvalue weighted by Crippen LogP contribution is 2.36. The van der Waals surface area contributed by atoms with E-state index in [2.05, 4.69) is 5.18 Å². The fraction of sp³-hybridized carbons (Fsp3) is 0. The molecule has 0 aromatic heterocycles. The van der Waals surface area contributed by atoms with E-state index >= 15 is 0 Å². The molecule has 0 atom stereocenters. The Balaban J connectivity index is 2.49. The lowest BCUT2D eigenvalue weighted by Crippen LogP contribution is -1.79. The molecule has 0 amide bonds. The molecule has 0 bridgehead atoms. The molecule has 0 aliphatic carbocycles. The van der Waals surface area contributed by atoms with Gasteiger partial charge in [0.2, 0.25) is 0 Å². The number of halogens is 2. The van der Waals surface area contributed by atoms with E-state index in [9.17, 15) is 10.0 Å². The molecule has 17 heavy (non-hydrogen) atoms. The van der Waals surface area contributed by atoms with E-state index in [-0.39, 0.29) is 15.8 Å². The zero-order valence-electron chi connectivity index (χ0n) is 8.52. The Morgan fingerprint density at radius 3 is 1.94 bits per heavy atom. The van der Waals surface area contributed by atoms with Crippen molar-refractivity contribution in [1.29, 1.82) is 0 Å². The zero-order chi connectivity index (χ0) is 12.4. The van der Waals surface area contributed by atoms with E-state index in [0.29, 0.717) is 5.69 Å². The van der Waals surface area contributed by atoms with E-state index in [0.717, 1.165) is 11.1 Å². The Kier molecular flexibility index (Phi) is 3.31. The molecule has 1 N–H and O–H groups in total. The van der Waals surface area contributed by atoms with Gasteiger partial charge in [-0.2, -0.15) is 0 Å². The van der Waals surface area contributed by atoms with Crippen LogP contribution < -0.4 is 0 Å². The number of phenolic OH excluding ortho intramolecular Hbond substituents is 1. The third kappa shape index (κ3) is 2.40. The van der Waals surface area contributed by atoms with E-state index < -0.39 is 0 Å². The van der Waals surface area contributed by atoms with Gasteiger partial charge in [-0.05, 0) is 40.6 Å². The SMILES string of the molecule is O=Nc1ccc(-c2cc(Cl)c(O)c(Cl)c2)cc1. The third-order valence-corrected chi connectivity index (χ3v) is 2.90. The number of aromatic hydroxyl groups is 1. The minimum Gasteiger partial charge on any atom is -0.505 e. The lowest BCUT2D eigenvalue weighted by atomic mass is 10.1. The van der Waals surface area contributed by atoms with Crippen molar-refractivity contribution in [3.05, 3.63) is 51.4 Å². The molecule has 0 aliphatic heterocycles. The second-order valence-corrected chi connectivity index (χ2v) is 4.24. The Morgan fingerprint density at radius 1 is 0.941 bits per heavy atom. The van der Waals surface area contributed by atoms with E-state index in [1.54, 1.807) is 36.4 Å². The Labute approximate surface area is 108 Å². The van der Waals surface area contributed by atoms with Crippen LogP contribution in [0.1, 0.15) is 0 Å². The largest absolute Gasteiger partial charge is 0.505 e. The number of phenols is 1. The van der Waals surface area contributed by atoms with Crippen LogP contribution in [0.5, 0.6) is 5.75 Å². The maximum atomic E-state index is 10.3. The van der Waals surface area contributed by atoms with Gasteiger partial charge < -0.3 is 5.11 Å². The van der Waals surface area contributed by atoms with E-state index in [4.69, 9.17) is 23.2 Å². The number of nitrogens with zero attached hydrogens (tertiary/aromatic N) is 1. The van der Waals surface area contributed by atoms with Gasteiger partial charge in [0.25, 0.3) is 0 Å². The summed E-state index contributed by atoms with van der Waals surface area (Å²) in [7, 11) is 0. The Bertz CT molecular complexity index is 544. The highest BCUT2D eigenvalue weighted by Gasteiger charge is 2.08. The zero-order valence-corrected chi connectivity index (χ0v) is 10.0. The fourth-order valence-electron chi connectivity index (χ4n) is 1.45. The summed E-state index contributed by atoms with van der Waals surface area (Å²) >= 11 is 11.6. The van der Waals surface area contributed by atoms with Crippen LogP contribution in [0.2, 0.25) is 10.0 Å². The van der Waals surface area contributed by atoms with Gasteiger partial charge in [0.1, 0.15) is 5.69 Å². The van der Waals surface area contributed by atoms with Crippen LogP contribution in [0.4, 0.5) is 5.69 Å². The smallest absolute Gasteiger partial charge is 0.152 e. The molecule has 0 fully saturated rings. The number of hydrogen-bond acceptors (Lipinski definition) is 3. The lowest BCUT2D eigenvalue weighted by Gasteiger charge is -2.05. The second kappa shape index (κ2) is 4.73. The second-order valence-electron chi connectivity index (χ2n) is 3.43. The normalized spacial score (nSPS) is 10.2. The number of nitroso groups, excluding NO2 is 1. The summed E-state index contributed by atoms with van der Waals surface area (Å²) in [6.07, 6.45) is 0. The molecule has 0 heterocycles. The summed E-state index contributed by atoms with van der Waals surface area (Å²) in [4.78, 5) is 10.3. The van der Waals surface area contributed by atoms with Crippen LogP contribution >= 0.6 is 23.2 Å². The maximum absolute atomic E-state index is 10.3. The van der Waals surface area contributed by atoms with Crippen molar-refractivity contribution >= 4 is 28.9 Å². The molecule has 0 saturated heterocycles. The summed E-state index contributed by atoms with van der Waals surface area (Å²) in [6.45, 7) is 0. The molecular weight excluding hydrogens is 261 g/mol. The average Bonchev–Trinajstić information content (AvgIpc) is 2.35. The molecule has 86 valence electrons. The molecule has 5 heteroatoms. The quantitative estimate of drug-likeness (QED) is 0.798. The van der Waals surface area contributed by atoms with Gasteiger partial charge in [0.05, 0.1) is 10.0 Å². The van der Waals surface area contributed by atoms with Crippen LogP contribution in [0.25, 0.3) is 11.1 Å². The third-order valence-electron chi connectivity index (χ3n) is 2.32. The minimum absolute atomic E-state index is 0.136. The highest BCUT2D eigenvalue weighted by atomic mass is 35.5. The predicted octanol–water partition coefficient (Wildman–Crippen LogP) is 4.76. The molecule has 0 saturated carbocycles. The van der Waals surface area contributed by atoms with Gasteiger partial charge in [-0.3, -0.25) is 0 Å². The first-order valence-corrected chi connectivity index (χ1v) is 5.49. The number of benzene rings is 2. The van der Waals surface area contributed by atoms with E-state index in [1.165, 1.54) is 0 Å². The highest BCUT2D eigenvalue weighted by molar-refractivity contribution is 6.37. The monoisotopic (exact) mass is 267 g/mol. The van der Waals surface area contributed by atoms with Crippen molar-refractivity contribution in [3.8, 4) is 16.9 Å². The van der Waals surface area contributed by atoms with Crippen LogP contribution in [-0.4, -0.2) is 5.11 Å². The fourth-order valence-corrected chi connectivity index (χ4v) is 1.93. The first-order valence-electron chi connectivity index (χ1n) is 4.73. The van der Waals surface area contributed by atoms with Crippen LogP contribution in [0, 0.1) is 4.91 Å². The molecular formula is C12H7Cl2NO2. The van der Waals surface area contributed by atoms with Crippen molar-refractivity contribution in [1.82, 2.24) is 0 Å². The molecule has 2 aromatic rings. The van der Waals surface area contributed by atoms with Gasteiger partial charge in [0.15, 0.2) is 5.75 Å². The van der Waals surface area contributed by atoms with Crippen molar-refractivity contribution in [3.63, 3.8) is 0 Å². The molecule has 0 aliphatic rings. The maximum Gasteiger partial charge on any atom is 0.152 e. The summed E-state index contributed by atoms with van der Waals surface area (Å²) < 4.78 is 0. The van der Waals surface area contributed by atoms with E-state index in [1.807, 2.05) is 0 Å². The van der Waals surface area contributed by atoms with Gasteiger partial charge >= 0.3 is 0 Å². The lowest BCUT2D eigenvalue weighted by molar-refractivity contribution is 0.476. The van der Waals surface area contributed by atoms with Gasteiger partial charge in [0, 0.05) is 0 Å². The minimum atomic E-state index is -0.136. The van der Waals surface area contributed by atoms with Crippen molar-refractivity contribution in [2.45, 2.75) is 0 Å². The van der Waals surface area contributed by atoms with Crippen molar-refractivity contribution in [2.24, 2.45) is 5.18 Å². The van der Waals surface area contributed by atoms with Crippen molar-refractivity contribution < 1.29 is 5.11 Å². The summed E-state index contributed by atoms with van der Waals surface area (Å²) in [5, 5.41) is 12.6. The standard InChI is InChI=1S/C12H7Cl2NO2/c13-10-5-8(6-11(14)12(10)16)7-1-3-9(15-17)4-2-7/h1-6,16H. The molecule has 3 nitrogen and oxygen atoms in total. The molecule has 2 rings (SSSR count). The summed E-state index contributed by atoms with van der Waals surface area (Å²) in [5.74, 6) is -0.136.